The molecule has 2 aromatic rings. The Kier molecular flexibility index (Phi) is 6.69. The Morgan fingerprint density at radius 3 is 2.08 bits per heavy atom. The highest BCUT2D eigenvalue weighted by Crippen LogP contribution is 2.13. The van der Waals surface area contributed by atoms with E-state index in [1.54, 1.807) is 0 Å². The van der Waals surface area contributed by atoms with Gasteiger partial charge in [-0.2, -0.15) is 0 Å². The SMILES string of the molecule is Cc1cccnc1CN(CCCNC(N)=O)Cc1ncccc1C. The van der Waals surface area contributed by atoms with Gasteiger partial charge >= 0.3 is 6.03 Å². The first-order valence-corrected chi connectivity index (χ1v) is 8.13. The van der Waals surface area contributed by atoms with Crippen molar-refractivity contribution in [3.63, 3.8) is 0 Å². The molecule has 0 radical (unpaired) electrons. The Balaban J connectivity index is 2.04. The van der Waals surface area contributed by atoms with Gasteiger partial charge in [-0.3, -0.25) is 14.9 Å². The summed E-state index contributed by atoms with van der Waals surface area (Å²) in [6.45, 7) is 7.03. The van der Waals surface area contributed by atoms with Crippen LogP contribution in [0.15, 0.2) is 36.7 Å². The lowest BCUT2D eigenvalue weighted by Crippen LogP contribution is -2.33. The van der Waals surface area contributed by atoms with E-state index in [1.165, 1.54) is 11.1 Å². The zero-order chi connectivity index (χ0) is 17.4. The number of aromatic nitrogens is 2. The molecule has 0 aromatic carbocycles. The van der Waals surface area contributed by atoms with E-state index in [1.807, 2.05) is 24.5 Å². The predicted molar refractivity (Wildman–Crippen MR) is 94.3 cm³/mol. The predicted octanol–water partition coefficient (Wildman–Crippen LogP) is 2.15. The Bertz CT molecular complexity index is 626. The summed E-state index contributed by atoms with van der Waals surface area (Å²) in [6, 6.07) is 7.55. The van der Waals surface area contributed by atoms with Crippen LogP contribution in [0.1, 0.15) is 28.9 Å². The van der Waals surface area contributed by atoms with Crippen LogP contribution in [0.25, 0.3) is 0 Å². The molecule has 0 aliphatic rings. The van der Waals surface area contributed by atoms with Crippen molar-refractivity contribution in [2.45, 2.75) is 33.4 Å². The summed E-state index contributed by atoms with van der Waals surface area (Å²) >= 11 is 0. The molecule has 0 atom stereocenters. The van der Waals surface area contributed by atoms with Crippen LogP contribution < -0.4 is 11.1 Å². The highest BCUT2D eigenvalue weighted by molar-refractivity contribution is 5.71. The van der Waals surface area contributed by atoms with Crippen LogP contribution in [0.2, 0.25) is 0 Å². The number of carbonyl (C=O) groups is 1. The zero-order valence-electron chi connectivity index (χ0n) is 14.3. The number of nitrogens with zero attached hydrogens (tertiary/aromatic N) is 3. The number of nitrogens with two attached hydrogens (primary N) is 1. The maximum absolute atomic E-state index is 10.8. The Morgan fingerprint density at radius 2 is 1.62 bits per heavy atom. The molecule has 0 bridgehead atoms. The fourth-order valence-electron chi connectivity index (χ4n) is 2.52. The standard InChI is InChI=1S/C18H25N5O/c1-14-6-3-8-20-16(14)12-23(11-5-10-22-18(19)24)13-17-15(2)7-4-9-21-17/h3-4,6-9H,5,10-13H2,1-2H3,(H3,19,22,24). The fraction of sp³-hybridized carbons (Fsp3) is 0.389. The molecule has 2 amide bonds. The van der Waals surface area contributed by atoms with Crippen molar-refractivity contribution in [3.05, 3.63) is 59.2 Å². The lowest BCUT2D eigenvalue weighted by atomic mass is 10.1. The summed E-state index contributed by atoms with van der Waals surface area (Å²) in [6.07, 6.45) is 4.46. The van der Waals surface area contributed by atoms with Crippen molar-refractivity contribution in [2.75, 3.05) is 13.1 Å². The van der Waals surface area contributed by atoms with Gasteiger partial charge in [0.2, 0.25) is 0 Å². The van der Waals surface area contributed by atoms with Crippen molar-refractivity contribution in [2.24, 2.45) is 5.73 Å². The summed E-state index contributed by atoms with van der Waals surface area (Å²) in [5, 5.41) is 2.63. The molecule has 6 nitrogen and oxygen atoms in total. The van der Waals surface area contributed by atoms with Crippen molar-refractivity contribution < 1.29 is 4.79 Å². The quantitative estimate of drug-likeness (QED) is 0.728. The van der Waals surface area contributed by atoms with Crippen LogP contribution in [0.3, 0.4) is 0 Å². The highest BCUT2D eigenvalue weighted by Gasteiger charge is 2.11. The minimum atomic E-state index is -0.484. The number of carbonyl (C=O) groups excluding carboxylic acids is 1. The highest BCUT2D eigenvalue weighted by atomic mass is 16.2. The van der Waals surface area contributed by atoms with E-state index in [-0.39, 0.29) is 0 Å². The lowest BCUT2D eigenvalue weighted by molar-refractivity contribution is 0.238. The Morgan fingerprint density at radius 1 is 1.08 bits per heavy atom. The number of amides is 2. The molecule has 0 spiro atoms. The van der Waals surface area contributed by atoms with Crippen LogP contribution in [0, 0.1) is 13.8 Å². The molecule has 2 aromatic heterocycles. The molecule has 24 heavy (non-hydrogen) atoms. The number of pyridine rings is 2. The normalized spacial score (nSPS) is 10.8. The van der Waals surface area contributed by atoms with Gasteiger partial charge in [0.15, 0.2) is 0 Å². The number of nitrogens with one attached hydrogen (secondary N) is 1. The van der Waals surface area contributed by atoms with E-state index in [9.17, 15) is 4.79 Å². The number of hydrogen-bond donors (Lipinski definition) is 2. The van der Waals surface area contributed by atoms with Gasteiger partial charge in [-0.25, -0.2) is 4.79 Å². The number of hydrogen-bond acceptors (Lipinski definition) is 4. The number of aryl methyl sites for hydroxylation is 2. The van der Waals surface area contributed by atoms with E-state index >= 15 is 0 Å². The van der Waals surface area contributed by atoms with Gasteiger partial charge in [-0.05, 0) is 43.5 Å². The molecule has 3 N–H and O–H groups in total. The molecular formula is C18H25N5O. The van der Waals surface area contributed by atoms with Crippen LogP contribution in [0.5, 0.6) is 0 Å². The second kappa shape index (κ2) is 8.98. The summed E-state index contributed by atoms with van der Waals surface area (Å²) < 4.78 is 0. The third kappa shape index (κ3) is 5.62. The molecule has 0 aliphatic carbocycles. The fourth-order valence-corrected chi connectivity index (χ4v) is 2.52. The molecular weight excluding hydrogens is 302 g/mol. The number of primary amides is 1. The molecule has 0 fully saturated rings. The van der Waals surface area contributed by atoms with Crippen LogP contribution in [-0.4, -0.2) is 34.0 Å². The molecule has 2 rings (SSSR count). The van der Waals surface area contributed by atoms with Gasteiger partial charge in [-0.1, -0.05) is 12.1 Å². The average Bonchev–Trinajstić information content (AvgIpc) is 2.55. The first-order valence-electron chi connectivity index (χ1n) is 8.13. The zero-order valence-corrected chi connectivity index (χ0v) is 14.3. The number of urea groups is 1. The van der Waals surface area contributed by atoms with Crippen LogP contribution in [0.4, 0.5) is 4.79 Å². The molecule has 0 saturated heterocycles. The van der Waals surface area contributed by atoms with Gasteiger partial charge in [-0.15, -0.1) is 0 Å². The molecule has 0 unspecified atom stereocenters. The van der Waals surface area contributed by atoms with Crippen LogP contribution in [-0.2, 0) is 13.1 Å². The molecule has 0 aliphatic heterocycles. The third-order valence-corrected chi connectivity index (χ3v) is 3.93. The average molecular weight is 327 g/mol. The van der Waals surface area contributed by atoms with Crippen molar-refractivity contribution in [1.29, 1.82) is 0 Å². The third-order valence-electron chi connectivity index (χ3n) is 3.93. The van der Waals surface area contributed by atoms with E-state index in [4.69, 9.17) is 5.73 Å². The molecule has 2 heterocycles. The Hall–Kier alpha value is -2.47. The largest absolute Gasteiger partial charge is 0.352 e. The first-order chi connectivity index (χ1) is 11.6. The molecule has 128 valence electrons. The van der Waals surface area contributed by atoms with E-state index < -0.39 is 6.03 Å². The van der Waals surface area contributed by atoms with Gasteiger partial charge in [0.05, 0.1) is 11.4 Å². The van der Waals surface area contributed by atoms with Gasteiger partial charge < -0.3 is 11.1 Å². The molecule has 0 saturated carbocycles. The summed E-state index contributed by atoms with van der Waals surface area (Å²) in [4.78, 5) is 22.1. The van der Waals surface area contributed by atoms with Gasteiger partial charge in [0, 0.05) is 38.6 Å². The van der Waals surface area contributed by atoms with E-state index in [0.29, 0.717) is 6.54 Å². The monoisotopic (exact) mass is 327 g/mol. The first kappa shape index (κ1) is 17.9. The second-order valence-electron chi connectivity index (χ2n) is 5.89. The minimum absolute atomic E-state index is 0.484. The van der Waals surface area contributed by atoms with E-state index in [0.717, 1.165) is 37.4 Å². The van der Waals surface area contributed by atoms with Crippen molar-refractivity contribution in [1.82, 2.24) is 20.2 Å². The van der Waals surface area contributed by atoms with Crippen LogP contribution >= 0.6 is 0 Å². The maximum Gasteiger partial charge on any atom is 0.312 e. The minimum Gasteiger partial charge on any atom is -0.352 e. The smallest absolute Gasteiger partial charge is 0.312 e. The van der Waals surface area contributed by atoms with E-state index in [2.05, 4.69) is 46.2 Å². The van der Waals surface area contributed by atoms with Gasteiger partial charge in [0.25, 0.3) is 0 Å². The topological polar surface area (TPSA) is 84.1 Å². The Labute approximate surface area is 143 Å². The summed E-state index contributed by atoms with van der Waals surface area (Å²) in [7, 11) is 0. The summed E-state index contributed by atoms with van der Waals surface area (Å²) in [5.74, 6) is 0. The summed E-state index contributed by atoms with van der Waals surface area (Å²) in [5.41, 5.74) is 9.59. The molecule has 6 heteroatoms. The van der Waals surface area contributed by atoms with Crippen molar-refractivity contribution >= 4 is 6.03 Å². The van der Waals surface area contributed by atoms with Gasteiger partial charge in [0.1, 0.15) is 0 Å². The second-order valence-corrected chi connectivity index (χ2v) is 5.89. The van der Waals surface area contributed by atoms with Crippen molar-refractivity contribution in [3.8, 4) is 0 Å². The lowest BCUT2D eigenvalue weighted by Gasteiger charge is -2.23. The maximum atomic E-state index is 10.8. The number of rotatable bonds is 8.